The van der Waals surface area contributed by atoms with Gasteiger partial charge in [-0.05, 0) is 24.3 Å². The van der Waals surface area contributed by atoms with Gasteiger partial charge in [0.15, 0.2) is 0 Å². The van der Waals surface area contributed by atoms with E-state index < -0.39 is 0 Å². The zero-order valence-electron chi connectivity index (χ0n) is 11.4. The molecule has 1 aromatic carbocycles. The SMILES string of the molecule is COCCC[NH2+]CCOCCOc1ccc(Br)cc1. The van der Waals surface area contributed by atoms with Crippen molar-refractivity contribution in [1.82, 2.24) is 0 Å². The molecular formula is C14H23BrNO3+. The van der Waals surface area contributed by atoms with Crippen LogP contribution < -0.4 is 10.1 Å². The second kappa shape index (κ2) is 11.2. The van der Waals surface area contributed by atoms with Crippen LogP contribution in [0.4, 0.5) is 0 Å². The van der Waals surface area contributed by atoms with E-state index in [9.17, 15) is 0 Å². The van der Waals surface area contributed by atoms with Gasteiger partial charge in [0, 0.05) is 18.0 Å². The van der Waals surface area contributed by atoms with Crippen LogP contribution in [0.2, 0.25) is 0 Å². The summed E-state index contributed by atoms with van der Waals surface area (Å²) in [6.45, 7) is 4.89. The van der Waals surface area contributed by atoms with Gasteiger partial charge in [-0.25, -0.2) is 0 Å². The van der Waals surface area contributed by atoms with E-state index in [1.807, 2.05) is 24.3 Å². The number of halogens is 1. The Labute approximate surface area is 123 Å². The molecule has 0 aromatic heterocycles. The van der Waals surface area contributed by atoms with Gasteiger partial charge in [0.2, 0.25) is 0 Å². The summed E-state index contributed by atoms with van der Waals surface area (Å²) in [6.07, 6.45) is 1.09. The maximum atomic E-state index is 5.55. The Morgan fingerprint density at radius 3 is 2.53 bits per heavy atom. The molecule has 0 heterocycles. The molecule has 5 heteroatoms. The Bertz CT molecular complexity index is 319. The number of methoxy groups -OCH3 is 1. The normalized spacial score (nSPS) is 10.6. The smallest absolute Gasteiger partial charge is 0.119 e. The fourth-order valence-corrected chi connectivity index (χ4v) is 1.80. The van der Waals surface area contributed by atoms with Crippen LogP contribution in [0.25, 0.3) is 0 Å². The van der Waals surface area contributed by atoms with Gasteiger partial charge in [0.05, 0.1) is 32.9 Å². The fraction of sp³-hybridized carbons (Fsp3) is 0.571. The molecular weight excluding hydrogens is 310 g/mol. The predicted molar refractivity (Wildman–Crippen MR) is 78.6 cm³/mol. The molecule has 19 heavy (non-hydrogen) atoms. The zero-order chi connectivity index (χ0) is 13.8. The summed E-state index contributed by atoms with van der Waals surface area (Å²) >= 11 is 3.39. The minimum atomic E-state index is 0.589. The molecule has 4 nitrogen and oxygen atoms in total. The van der Waals surface area contributed by atoms with Crippen LogP contribution in [0.5, 0.6) is 5.75 Å². The van der Waals surface area contributed by atoms with Gasteiger partial charge in [0.1, 0.15) is 12.4 Å². The molecule has 0 atom stereocenters. The van der Waals surface area contributed by atoms with Crippen molar-refractivity contribution in [3.63, 3.8) is 0 Å². The molecule has 2 N–H and O–H groups in total. The predicted octanol–water partition coefficient (Wildman–Crippen LogP) is 1.44. The van der Waals surface area contributed by atoms with Crippen molar-refractivity contribution in [2.24, 2.45) is 0 Å². The third-order valence-corrected chi connectivity index (χ3v) is 3.06. The number of quaternary nitrogens is 1. The van der Waals surface area contributed by atoms with Crippen LogP contribution in [0.15, 0.2) is 28.7 Å². The molecule has 0 amide bonds. The number of hydrogen-bond acceptors (Lipinski definition) is 3. The number of benzene rings is 1. The molecule has 0 aliphatic heterocycles. The maximum Gasteiger partial charge on any atom is 0.119 e. The molecule has 108 valence electrons. The lowest BCUT2D eigenvalue weighted by atomic mass is 10.3. The molecule has 0 fully saturated rings. The Balaban J connectivity index is 1.87. The average Bonchev–Trinajstić information content (AvgIpc) is 2.43. The van der Waals surface area contributed by atoms with E-state index in [1.165, 1.54) is 0 Å². The molecule has 0 saturated carbocycles. The van der Waals surface area contributed by atoms with Crippen LogP contribution >= 0.6 is 15.9 Å². The maximum absolute atomic E-state index is 5.55. The first-order valence-electron chi connectivity index (χ1n) is 6.59. The van der Waals surface area contributed by atoms with Gasteiger partial charge in [-0.3, -0.25) is 0 Å². The van der Waals surface area contributed by atoms with Crippen LogP contribution in [0, 0.1) is 0 Å². The van der Waals surface area contributed by atoms with Crippen LogP contribution in [0.1, 0.15) is 6.42 Å². The highest BCUT2D eigenvalue weighted by Gasteiger charge is 1.95. The summed E-state index contributed by atoms with van der Waals surface area (Å²) in [6, 6.07) is 7.80. The van der Waals surface area contributed by atoms with Crippen LogP contribution in [-0.4, -0.2) is 46.6 Å². The van der Waals surface area contributed by atoms with E-state index in [1.54, 1.807) is 7.11 Å². The first kappa shape index (κ1) is 16.4. The molecule has 1 rings (SSSR count). The van der Waals surface area contributed by atoms with E-state index in [0.717, 1.165) is 42.9 Å². The number of ether oxygens (including phenoxy) is 3. The van der Waals surface area contributed by atoms with Gasteiger partial charge in [-0.2, -0.15) is 0 Å². The summed E-state index contributed by atoms with van der Waals surface area (Å²) in [5.74, 6) is 0.873. The summed E-state index contributed by atoms with van der Waals surface area (Å²) in [5.41, 5.74) is 0. The standard InChI is InChI=1S/C14H22BrNO3/c1-17-9-2-7-16-8-10-18-11-12-19-14-5-3-13(15)4-6-14/h3-6,16H,2,7-12H2,1H3/p+1. The number of rotatable bonds is 11. The lowest BCUT2D eigenvalue weighted by molar-refractivity contribution is -0.656. The van der Waals surface area contributed by atoms with Gasteiger partial charge in [-0.15, -0.1) is 0 Å². The van der Waals surface area contributed by atoms with Crippen molar-refractivity contribution in [1.29, 1.82) is 0 Å². The lowest BCUT2D eigenvalue weighted by Gasteiger charge is -2.07. The monoisotopic (exact) mass is 332 g/mol. The summed E-state index contributed by atoms with van der Waals surface area (Å²) < 4.78 is 17.1. The highest BCUT2D eigenvalue weighted by molar-refractivity contribution is 9.10. The largest absolute Gasteiger partial charge is 0.491 e. The Hall–Kier alpha value is -0.620. The highest BCUT2D eigenvalue weighted by atomic mass is 79.9. The van der Waals surface area contributed by atoms with E-state index in [2.05, 4.69) is 21.2 Å². The van der Waals surface area contributed by atoms with Crippen molar-refractivity contribution in [2.45, 2.75) is 6.42 Å². The zero-order valence-corrected chi connectivity index (χ0v) is 13.0. The minimum Gasteiger partial charge on any atom is -0.491 e. The summed E-state index contributed by atoms with van der Waals surface area (Å²) in [4.78, 5) is 0. The van der Waals surface area contributed by atoms with Crippen molar-refractivity contribution >= 4 is 15.9 Å². The van der Waals surface area contributed by atoms with Crippen molar-refractivity contribution in [3.8, 4) is 5.75 Å². The lowest BCUT2D eigenvalue weighted by Crippen LogP contribution is -2.85. The highest BCUT2D eigenvalue weighted by Crippen LogP contribution is 2.15. The van der Waals surface area contributed by atoms with Crippen LogP contribution in [-0.2, 0) is 9.47 Å². The van der Waals surface area contributed by atoms with E-state index in [-0.39, 0.29) is 0 Å². The molecule has 0 saturated heterocycles. The third-order valence-electron chi connectivity index (χ3n) is 2.53. The van der Waals surface area contributed by atoms with E-state index in [0.29, 0.717) is 13.2 Å². The molecule has 0 bridgehead atoms. The number of nitrogens with two attached hydrogens (primary N) is 1. The van der Waals surface area contributed by atoms with Gasteiger partial charge in [0.25, 0.3) is 0 Å². The van der Waals surface area contributed by atoms with Crippen LogP contribution in [0.3, 0.4) is 0 Å². The number of hydrogen-bond donors (Lipinski definition) is 1. The van der Waals surface area contributed by atoms with Gasteiger partial charge >= 0.3 is 0 Å². The quantitative estimate of drug-likeness (QED) is 0.624. The topological polar surface area (TPSA) is 44.3 Å². The molecule has 0 radical (unpaired) electrons. The average molecular weight is 333 g/mol. The van der Waals surface area contributed by atoms with E-state index in [4.69, 9.17) is 14.2 Å². The van der Waals surface area contributed by atoms with Crippen molar-refractivity contribution in [2.75, 3.05) is 46.6 Å². The van der Waals surface area contributed by atoms with Crippen molar-refractivity contribution < 1.29 is 19.5 Å². The fourth-order valence-electron chi connectivity index (χ4n) is 1.53. The van der Waals surface area contributed by atoms with E-state index >= 15 is 0 Å². The summed E-state index contributed by atoms with van der Waals surface area (Å²) in [5, 5.41) is 2.24. The molecule has 0 aliphatic rings. The second-order valence-corrected chi connectivity index (χ2v) is 5.04. The Morgan fingerprint density at radius 1 is 1.00 bits per heavy atom. The van der Waals surface area contributed by atoms with Crippen molar-refractivity contribution in [3.05, 3.63) is 28.7 Å². The minimum absolute atomic E-state index is 0.589. The Morgan fingerprint density at radius 2 is 1.79 bits per heavy atom. The molecule has 0 unspecified atom stereocenters. The molecule has 1 aromatic rings. The second-order valence-electron chi connectivity index (χ2n) is 4.13. The third kappa shape index (κ3) is 8.99. The molecule has 0 aliphatic carbocycles. The first-order chi connectivity index (χ1) is 9.33. The van der Waals surface area contributed by atoms with Gasteiger partial charge in [-0.1, -0.05) is 15.9 Å². The Kier molecular flexibility index (Phi) is 9.71. The first-order valence-corrected chi connectivity index (χ1v) is 7.39. The molecule has 0 spiro atoms. The summed E-state index contributed by atoms with van der Waals surface area (Å²) in [7, 11) is 1.73. The van der Waals surface area contributed by atoms with Gasteiger partial charge < -0.3 is 19.5 Å².